The Balaban J connectivity index is 1.78. The maximum Gasteiger partial charge on any atom is 0.380 e. The highest BCUT2D eigenvalue weighted by molar-refractivity contribution is 7.92. The average Bonchev–Trinajstić information content (AvgIpc) is 3.62. The Bertz CT molecular complexity index is 1330. The second-order valence-electron chi connectivity index (χ2n) is 8.17. The van der Waals surface area contributed by atoms with Crippen LogP contribution in [-0.4, -0.2) is 20.8 Å². The number of hydrogen-bond acceptors (Lipinski definition) is 5. The predicted octanol–water partition coefficient (Wildman–Crippen LogP) is 4.92. The highest BCUT2D eigenvalue weighted by Gasteiger charge is 2.25. The highest BCUT2D eigenvalue weighted by atomic mass is 32.2. The minimum atomic E-state index is -3.56. The molecule has 1 fully saturated rings. The van der Waals surface area contributed by atoms with Crippen LogP contribution in [0.2, 0.25) is 0 Å². The number of benzene rings is 2. The number of rotatable bonds is 9. The summed E-state index contributed by atoms with van der Waals surface area (Å²) in [5.74, 6) is -1.26. The van der Waals surface area contributed by atoms with Crippen LogP contribution in [0.15, 0.2) is 48.5 Å². The van der Waals surface area contributed by atoms with E-state index in [1.807, 2.05) is 0 Å². The van der Waals surface area contributed by atoms with Crippen LogP contribution in [0.4, 0.5) is 14.5 Å². The quantitative estimate of drug-likeness (QED) is 0.340. The molecule has 0 bridgehead atoms. The second kappa shape index (κ2) is 9.46. The number of halogens is 2. The highest BCUT2D eigenvalue weighted by Crippen LogP contribution is 2.38. The first-order chi connectivity index (χ1) is 16.1. The first kappa shape index (κ1) is 23.7. The Morgan fingerprint density at radius 3 is 2.50 bits per heavy atom. The van der Waals surface area contributed by atoms with Gasteiger partial charge in [0, 0.05) is 35.9 Å². The van der Waals surface area contributed by atoms with E-state index in [0.29, 0.717) is 40.1 Å². The monoisotopic (exact) mass is 490 g/mol. The molecule has 0 atom stereocenters. The van der Waals surface area contributed by atoms with E-state index in [9.17, 15) is 22.4 Å². The molecule has 34 heavy (non-hydrogen) atoms. The summed E-state index contributed by atoms with van der Waals surface area (Å²) in [6.45, 7) is 3.55. The summed E-state index contributed by atoms with van der Waals surface area (Å²) < 4.78 is 66.4. The molecule has 0 aliphatic heterocycles. The second-order valence-corrected chi connectivity index (χ2v) is 10.2. The van der Waals surface area contributed by atoms with Gasteiger partial charge in [0.2, 0.25) is 10.0 Å². The van der Waals surface area contributed by atoms with E-state index >= 15 is 0 Å². The van der Waals surface area contributed by atoms with E-state index in [0.717, 1.165) is 25.0 Å². The van der Waals surface area contributed by atoms with E-state index in [-0.39, 0.29) is 28.8 Å². The molecule has 1 heterocycles. The molecule has 0 saturated heterocycles. The number of pyridine rings is 1. The molecule has 10 heteroatoms. The lowest BCUT2D eigenvalue weighted by molar-refractivity contribution is -0.619. The van der Waals surface area contributed by atoms with Crippen LogP contribution in [0.25, 0.3) is 11.1 Å². The molecule has 180 valence electrons. The molecule has 0 unspecified atom stereocenters. The molecule has 0 amide bonds. The summed E-state index contributed by atoms with van der Waals surface area (Å²) in [4.78, 5) is 0. The van der Waals surface area contributed by atoms with Crippen molar-refractivity contribution >= 4 is 15.7 Å². The van der Waals surface area contributed by atoms with E-state index in [2.05, 4.69) is 4.72 Å². The molecule has 2 aromatic carbocycles. The van der Waals surface area contributed by atoms with Gasteiger partial charge in [-0.15, -0.1) is 4.73 Å². The number of sulfonamides is 1. The van der Waals surface area contributed by atoms with Crippen molar-refractivity contribution in [2.75, 3.05) is 17.1 Å². The van der Waals surface area contributed by atoms with Gasteiger partial charge in [0.05, 0.1) is 18.4 Å². The van der Waals surface area contributed by atoms with Crippen molar-refractivity contribution in [3.8, 4) is 28.5 Å². The van der Waals surface area contributed by atoms with Gasteiger partial charge in [0.1, 0.15) is 11.6 Å². The van der Waals surface area contributed by atoms with Gasteiger partial charge in [-0.25, -0.2) is 17.2 Å². The summed E-state index contributed by atoms with van der Waals surface area (Å²) in [5, 5.41) is 12.5. The predicted molar refractivity (Wildman–Crippen MR) is 123 cm³/mol. The molecule has 1 aromatic heterocycles. The van der Waals surface area contributed by atoms with Crippen molar-refractivity contribution in [2.45, 2.75) is 26.7 Å². The molecule has 3 aromatic rings. The van der Waals surface area contributed by atoms with E-state index in [1.165, 1.54) is 31.2 Å². The number of hydrogen-bond donors (Lipinski definition) is 1. The molecular weight excluding hydrogens is 466 g/mol. The van der Waals surface area contributed by atoms with E-state index in [1.54, 1.807) is 13.0 Å². The van der Waals surface area contributed by atoms with Gasteiger partial charge >= 0.3 is 5.88 Å². The molecule has 1 saturated carbocycles. The molecule has 7 nitrogen and oxygen atoms in total. The normalized spacial score (nSPS) is 13.5. The fourth-order valence-corrected chi connectivity index (χ4v) is 3.90. The lowest BCUT2D eigenvalue weighted by atomic mass is 10.0. The van der Waals surface area contributed by atoms with Crippen molar-refractivity contribution in [2.24, 2.45) is 5.92 Å². The van der Waals surface area contributed by atoms with Crippen molar-refractivity contribution in [3.63, 3.8) is 0 Å². The third-order valence-corrected chi connectivity index (χ3v) is 6.69. The van der Waals surface area contributed by atoms with Gasteiger partial charge in [-0.1, -0.05) is 0 Å². The van der Waals surface area contributed by atoms with Gasteiger partial charge in [-0.3, -0.25) is 4.72 Å². The minimum absolute atomic E-state index is 0.0976. The number of ether oxygens (including phenoxy) is 2. The lowest BCUT2D eigenvalue weighted by Crippen LogP contribution is -2.33. The number of nitrogens with zero attached hydrogens (tertiary/aromatic N) is 1. The van der Waals surface area contributed by atoms with E-state index < -0.39 is 21.7 Å². The van der Waals surface area contributed by atoms with Crippen LogP contribution in [0.3, 0.4) is 0 Å². The van der Waals surface area contributed by atoms with Crippen LogP contribution in [0.5, 0.6) is 17.4 Å². The Morgan fingerprint density at radius 1 is 1.09 bits per heavy atom. The summed E-state index contributed by atoms with van der Waals surface area (Å²) in [7, 11) is -3.56. The maximum atomic E-state index is 14.3. The molecule has 0 spiro atoms. The van der Waals surface area contributed by atoms with Crippen LogP contribution >= 0.6 is 0 Å². The molecule has 1 aliphatic rings. The fraction of sp³-hybridized carbons (Fsp3) is 0.292. The molecular formula is C24H24F2N2O5S. The number of nitrogens with one attached hydrogen (secondary N) is 1. The number of aromatic nitrogens is 1. The molecule has 4 rings (SSSR count). The number of anilines is 1. The third kappa shape index (κ3) is 5.56. The van der Waals surface area contributed by atoms with Crippen molar-refractivity contribution < 1.29 is 31.4 Å². The standard InChI is InChI=1S/C24H24F2N2O5S/c1-3-34(30,31)27-19-7-9-22(33-23-8-6-18(25)12-21(23)26)20(13-19)17-10-15(2)28(29)24(11-17)32-14-16-4-5-16/h6-13,16,27H,3-5,14H2,1-2H3. The smallest absolute Gasteiger partial charge is 0.380 e. The topological polar surface area (TPSA) is 91.6 Å². The fourth-order valence-electron chi connectivity index (χ4n) is 3.27. The van der Waals surface area contributed by atoms with Crippen LogP contribution < -0.4 is 18.9 Å². The average molecular weight is 491 g/mol. The lowest BCUT2D eigenvalue weighted by Gasteiger charge is -2.16. The summed E-state index contributed by atoms with van der Waals surface area (Å²) >= 11 is 0. The van der Waals surface area contributed by atoms with Crippen molar-refractivity contribution in [3.05, 3.63) is 71.1 Å². The zero-order chi connectivity index (χ0) is 24.5. The Hall–Kier alpha value is -3.40. The summed E-state index contributed by atoms with van der Waals surface area (Å²) in [6.07, 6.45) is 2.11. The molecule has 1 N–H and O–H groups in total. The Labute approximate surface area is 196 Å². The molecule has 0 radical (unpaired) electrons. The zero-order valence-corrected chi connectivity index (χ0v) is 19.5. The largest absolute Gasteiger partial charge is 0.616 e. The van der Waals surface area contributed by atoms with Gasteiger partial charge in [-0.05, 0) is 56.0 Å². The van der Waals surface area contributed by atoms with Gasteiger partial charge < -0.3 is 14.7 Å². The zero-order valence-electron chi connectivity index (χ0n) is 18.7. The van der Waals surface area contributed by atoms with Crippen molar-refractivity contribution in [1.29, 1.82) is 0 Å². The summed E-state index contributed by atoms with van der Waals surface area (Å²) in [5.41, 5.74) is 1.51. The minimum Gasteiger partial charge on any atom is -0.616 e. The van der Waals surface area contributed by atoms with Gasteiger partial charge in [0.15, 0.2) is 17.3 Å². The molecule has 1 aliphatic carbocycles. The van der Waals surface area contributed by atoms with Crippen LogP contribution in [-0.2, 0) is 10.0 Å². The first-order valence-corrected chi connectivity index (χ1v) is 12.4. The van der Waals surface area contributed by atoms with Crippen LogP contribution in [0, 0.1) is 29.7 Å². The van der Waals surface area contributed by atoms with E-state index in [4.69, 9.17) is 9.47 Å². The Kier molecular flexibility index (Phi) is 6.60. The SMILES string of the molecule is CCS(=O)(=O)Nc1ccc(Oc2ccc(F)cc2F)c(-c2cc(C)[n+]([O-])c(OCC3CC3)c2)c1. The van der Waals surface area contributed by atoms with Crippen LogP contribution in [0.1, 0.15) is 25.5 Å². The van der Waals surface area contributed by atoms with Gasteiger partial charge in [-0.2, -0.15) is 0 Å². The van der Waals surface area contributed by atoms with Gasteiger partial charge in [0.25, 0.3) is 0 Å². The first-order valence-electron chi connectivity index (χ1n) is 10.8. The Morgan fingerprint density at radius 2 is 1.82 bits per heavy atom. The van der Waals surface area contributed by atoms with Crippen molar-refractivity contribution in [1.82, 2.24) is 0 Å². The maximum absolute atomic E-state index is 14.3. The third-order valence-electron chi connectivity index (χ3n) is 5.39. The number of aryl methyl sites for hydroxylation is 1. The summed E-state index contributed by atoms with van der Waals surface area (Å²) in [6, 6.07) is 10.5.